The van der Waals surface area contributed by atoms with Crippen LogP contribution in [-0.2, 0) is 13.0 Å². The maximum absolute atomic E-state index is 14.1. The van der Waals surface area contributed by atoms with Gasteiger partial charge in [-0.2, -0.15) is 10.1 Å². The fraction of sp³-hybridized carbons (Fsp3) is 0.188. The van der Waals surface area contributed by atoms with Gasteiger partial charge in [-0.3, -0.25) is 5.10 Å². The minimum Gasteiger partial charge on any atom is -0.384 e. The highest BCUT2D eigenvalue weighted by Gasteiger charge is 2.25. The molecule has 0 radical (unpaired) electrons. The number of aromatic amines is 1. The first-order valence-electron chi connectivity index (χ1n) is 7.37. The van der Waals surface area contributed by atoms with Crippen LogP contribution in [0.1, 0.15) is 11.3 Å². The van der Waals surface area contributed by atoms with Crippen LogP contribution in [0.15, 0.2) is 36.5 Å². The summed E-state index contributed by atoms with van der Waals surface area (Å²) in [6.45, 7) is 1.33. The minimum atomic E-state index is -0.279. The Kier molecular flexibility index (Phi) is 3.18. The van der Waals surface area contributed by atoms with E-state index in [0.29, 0.717) is 29.6 Å². The van der Waals surface area contributed by atoms with Crippen LogP contribution in [0.3, 0.4) is 0 Å². The van der Waals surface area contributed by atoms with Gasteiger partial charge in [-0.05, 0) is 18.2 Å². The SMILES string of the molecule is Nc1ccnc(N2CCc3[nH]nc(-c4ccccc4F)c3C2)n1. The number of hydrogen-bond acceptors (Lipinski definition) is 5. The molecule has 3 heterocycles. The number of nitrogen functional groups attached to an aromatic ring is 1. The van der Waals surface area contributed by atoms with Crippen LogP contribution in [0.5, 0.6) is 0 Å². The molecule has 1 aliphatic heterocycles. The van der Waals surface area contributed by atoms with Crippen molar-refractivity contribution in [1.82, 2.24) is 20.2 Å². The van der Waals surface area contributed by atoms with Crippen molar-refractivity contribution in [2.75, 3.05) is 17.2 Å². The predicted octanol–water partition coefficient (Wildman–Crippen LogP) is 2.15. The highest BCUT2D eigenvalue weighted by Crippen LogP contribution is 2.30. The van der Waals surface area contributed by atoms with Crippen LogP contribution >= 0.6 is 0 Å². The largest absolute Gasteiger partial charge is 0.384 e. The summed E-state index contributed by atoms with van der Waals surface area (Å²) < 4.78 is 14.1. The van der Waals surface area contributed by atoms with E-state index < -0.39 is 0 Å². The normalized spacial score (nSPS) is 13.9. The smallest absolute Gasteiger partial charge is 0.227 e. The van der Waals surface area contributed by atoms with Crippen molar-refractivity contribution in [1.29, 1.82) is 0 Å². The van der Waals surface area contributed by atoms with Crippen molar-refractivity contribution < 1.29 is 4.39 Å². The standard InChI is InChI=1S/C16H15FN6/c17-12-4-2-1-3-10(12)15-11-9-23(8-6-13(11)21-22-15)16-19-7-5-14(18)20-16/h1-5,7H,6,8-9H2,(H,21,22)(H2,18,19,20). The van der Waals surface area contributed by atoms with Gasteiger partial charge in [0.15, 0.2) is 0 Å². The molecule has 0 saturated carbocycles. The van der Waals surface area contributed by atoms with Gasteiger partial charge < -0.3 is 10.6 Å². The average molecular weight is 310 g/mol. The van der Waals surface area contributed by atoms with Gasteiger partial charge in [-0.1, -0.05) is 12.1 Å². The Balaban J connectivity index is 1.72. The molecular formula is C16H15FN6. The van der Waals surface area contributed by atoms with E-state index in [9.17, 15) is 4.39 Å². The van der Waals surface area contributed by atoms with Crippen molar-refractivity contribution in [2.24, 2.45) is 0 Å². The lowest BCUT2D eigenvalue weighted by atomic mass is 10.0. The fourth-order valence-electron chi connectivity index (χ4n) is 2.86. The molecule has 7 heteroatoms. The fourth-order valence-corrected chi connectivity index (χ4v) is 2.86. The Bertz CT molecular complexity index is 859. The number of anilines is 2. The van der Waals surface area contributed by atoms with Crippen LogP contribution in [0, 0.1) is 5.82 Å². The number of nitrogens with two attached hydrogens (primary N) is 1. The molecule has 3 N–H and O–H groups in total. The summed E-state index contributed by atoms with van der Waals surface area (Å²) in [6.07, 6.45) is 2.41. The number of benzene rings is 1. The Morgan fingerprint density at radius 1 is 1.22 bits per heavy atom. The third kappa shape index (κ3) is 2.40. The van der Waals surface area contributed by atoms with Gasteiger partial charge in [-0.15, -0.1) is 0 Å². The molecule has 4 rings (SSSR count). The number of hydrogen-bond donors (Lipinski definition) is 2. The molecule has 0 atom stereocenters. The molecule has 0 bridgehead atoms. The topological polar surface area (TPSA) is 83.7 Å². The molecule has 0 saturated heterocycles. The quantitative estimate of drug-likeness (QED) is 0.758. The lowest BCUT2D eigenvalue weighted by Crippen LogP contribution is -2.31. The van der Waals surface area contributed by atoms with Crippen molar-refractivity contribution in [3.63, 3.8) is 0 Å². The van der Waals surface area contributed by atoms with Crippen molar-refractivity contribution >= 4 is 11.8 Å². The number of H-pyrrole nitrogens is 1. The summed E-state index contributed by atoms with van der Waals surface area (Å²) in [5, 5.41) is 7.34. The molecule has 23 heavy (non-hydrogen) atoms. The van der Waals surface area contributed by atoms with E-state index in [1.165, 1.54) is 6.07 Å². The Morgan fingerprint density at radius 3 is 2.91 bits per heavy atom. The number of nitrogens with one attached hydrogen (secondary N) is 1. The second-order valence-electron chi connectivity index (χ2n) is 5.46. The highest BCUT2D eigenvalue weighted by molar-refractivity contribution is 5.66. The predicted molar refractivity (Wildman–Crippen MR) is 85.2 cm³/mol. The molecule has 0 aliphatic carbocycles. The Hall–Kier alpha value is -2.96. The highest BCUT2D eigenvalue weighted by atomic mass is 19.1. The van der Waals surface area contributed by atoms with Gasteiger partial charge in [0.25, 0.3) is 0 Å². The summed E-state index contributed by atoms with van der Waals surface area (Å²) in [5.74, 6) is 0.734. The van der Waals surface area contributed by atoms with Crippen molar-refractivity contribution in [2.45, 2.75) is 13.0 Å². The van der Waals surface area contributed by atoms with E-state index in [1.807, 2.05) is 4.90 Å². The van der Waals surface area contributed by atoms with Crippen LogP contribution in [0.2, 0.25) is 0 Å². The van der Waals surface area contributed by atoms with E-state index in [0.717, 1.165) is 24.2 Å². The number of nitrogens with zero attached hydrogens (tertiary/aromatic N) is 4. The zero-order valence-corrected chi connectivity index (χ0v) is 12.3. The number of aromatic nitrogens is 4. The van der Waals surface area contributed by atoms with Gasteiger partial charge in [-0.25, -0.2) is 9.37 Å². The van der Waals surface area contributed by atoms with Gasteiger partial charge in [0.1, 0.15) is 17.3 Å². The third-order valence-electron chi connectivity index (χ3n) is 4.01. The Morgan fingerprint density at radius 2 is 2.09 bits per heavy atom. The summed E-state index contributed by atoms with van der Waals surface area (Å²) in [5.41, 5.74) is 8.89. The zero-order chi connectivity index (χ0) is 15.8. The zero-order valence-electron chi connectivity index (χ0n) is 12.3. The summed E-state index contributed by atoms with van der Waals surface area (Å²) in [7, 11) is 0. The molecule has 116 valence electrons. The molecule has 1 aromatic carbocycles. The number of halogens is 1. The maximum atomic E-state index is 14.1. The van der Waals surface area contributed by atoms with E-state index in [4.69, 9.17) is 5.73 Å². The van der Waals surface area contributed by atoms with E-state index in [1.54, 1.807) is 30.5 Å². The molecule has 1 aliphatic rings. The number of rotatable bonds is 2. The van der Waals surface area contributed by atoms with Crippen LogP contribution in [0.25, 0.3) is 11.3 Å². The summed E-state index contributed by atoms with van der Waals surface area (Å²) in [6, 6.07) is 8.31. The van der Waals surface area contributed by atoms with Gasteiger partial charge in [0.2, 0.25) is 5.95 Å². The lowest BCUT2D eigenvalue weighted by molar-refractivity contribution is 0.630. The van der Waals surface area contributed by atoms with Crippen molar-refractivity contribution in [3.05, 3.63) is 53.6 Å². The first kappa shape index (κ1) is 13.7. The van der Waals surface area contributed by atoms with E-state index in [2.05, 4.69) is 20.2 Å². The lowest BCUT2D eigenvalue weighted by Gasteiger charge is -2.27. The van der Waals surface area contributed by atoms with Crippen LogP contribution in [-0.4, -0.2) is 26.7 Å². The Labute approximate surface area is 132 Å². The second kappa shape index (κ2) is 5.35. The molecule has 2 aromatic heterocycles. The van der Waals surface area contributed by atoms with E-state index >= 15 is 0 Å². The van der Waals surface area contributed by atoms with Crippen molar-refractivity contribution in [3.8, 4) is 11.3 Å². The molecule has 0 fully saturated rings. The molecule has 3 aromatic rings. The molecule has 6 nitrogen and oxygen atoms in total. The summed E-state index contributed by atoms with van der Waals surface area (Å²) in [4.78, 5) is 10.6. The maximum Gasteiger partial charge on any atom is 0.227 e. The van der Waals surface area contributed by atoms with Gasteiger partial charge >= 0.3 is 0 Å². The van der Waals surface area contributed by atoms with Gasteiger partial charge in [0, 0.05) is 42.5 Å². The number of fused-ring (bicyclic) bond motifs is 1. The summed E-state index contributed by atoms with van der Waals surface area (Å²) >= 11 is 0. The molecule has 0 unspecified atom stereocenters. The molecule has 0 amide bonds. The minimum absolute atomic E-state index is 0.279. The first-order chi connectivity index (χ1) is 11.2. The van der Waals surface area contributed by atoms with Gasteiger partial charge in [0.05, 0.1) is 0 Å². The first-order valence-corrected chi connectivity index (χ1v) is 7.37. The third-order valence-corrected chi connectivity index (χ3v) is 4.01. The average Bonchev–Trinajstić information content (AvgIpc) is 2.98. The molecular weight excluding hydrogens is 295 g/mol. The second-order valence-corrected chi connectivity index (χ2v) is 5.46. The molecule has 0 spiro atoms. The van der Waals surface area contributed by atoms with E-state index in [-0.39, 0.29) is 5.82 Å². The van der Waals surface area contributed by atoms with Crippen LogP contribution in [0.4, 0.5) is 16.2 Å². The monoisotopic (exact) mass is 310 g/mol. The van der Waals surface area contributed by atoms with Crippen LogP contribution < -0.4 is 10.6 Å².